The molecule has 2 aromatic carbocycles. The lowest BCUT2D eigenvalue weighted by molar-refractivity contribution is -0.717. The Balaban J connectivity index is 0.000000162. The molecule has 5 atom stereocenters. The normalized spacial score (nSPS) is 23.1. The summed E-state index contributed by atoms with van der Waals surface area (Å²) in [5.41, 5.74) is 8.82. The van der Waals surface area contributed by atoms with E-state index in [0.717, 1.165) is 63.5 Å². The minimum atomic E-state index is -0.288. The summed E-state index contributed by atoms with van der Waals surface area (Å²) in [6.45, 7) is 8.90. The predicted octanol–water partition coefficient (Wildman–Crippen LogP) is 5.81. The van der Waals surface area contributed by atoms with Crippen molar-refractivity contribution in [2.24, 2.45) is 17.8 Å². The number of piperidine rings is 1. The van der Waals surface area contributed by atoms with E-state index in [1.165, 1.54) is 52.8 Å². The van der Waals surface area contributed by atoms with Gasteiger partial charge < -0.3 is 34.0 Å². The lowest BCUT2D eigenvalue weighted by Gasteiger charge is -2.42. The summed E-state index contributed by atoms with van der Waals surface area (Å²) < 4.78 is 23.7. The first-order chi connectivity index (χ1) is 26.7. The van der Waals surface area contributed by atoms with Gasteiger partial charge in [0.2, 0.25) is 5.69 Å². The number of nitrogens with zero attached hydrogens (tertiary/aromatic N) is 2. The zero-order chi connectivity index (χ0) is 38.8. The van der Waals surface area contributed by atoms with Crippen LogP contribution in [0.5, 0.6) is 0 Å². The molecule has 0 spiro atoms. The molecule has 11 heteroatoms. The highest BCUT2D eigenvalue weighted by molar-refractivity contribution is 6.07. The van der Waals surface area contributed by atoms with Crippen molar-refractivity contribution < 1.29 is 38.2 Å². The fourth-order valence-corrected chi connectivity index (χ4v) is 9.10. The molecule has 2 N–H and O–H groups in total. The van der Waals surface area contributed by atoms with Gasteiger partial charge in [0, 0.05) is 57.8 Å². The number of benzene rings is 2. The smallest absolute Gasteiger partial charge is 0.337 e. The molecule has 0 aliphatic carbocycles. The lowest BCUT2D eigenvalue weighted by atomic mass is 9.76. The highest BCUT2D eigenvalue weighted by atomic mass is 16.5. The Morgan fingerprint density at radius 1 is 0.964 bits per heavy atom. The number of hydrogen-bond donors (Lipinski definition) is 2. The summed E-state index contributed by atoms with van der Waals surface area (Å²) in [5.74, 6) is -0.0441. The molecule has 0 bridgehead atoms. The van der Waals surface area contributed by atoms with Crippen molar-refractivity contribution in [3.63, 3.8) is 0 Å². The summed E-state index contributed by atoms with van der Waals surface area (Å²) in [4.78, 5) is 34.4. The third-order valence-electron chi connectivity index (χ3n) is 11.8. The van der Waals surface area contributed by atoms with Gasteiger partial charge in [-0.3, -0.25) is 4.90 Å². The number of carbonyl (C=O) groups excluding carboxylic acids is 2. The van der Waals surface area contributed by atoms with Gasteiger partial charge in [0.15, 0.2) is 12.7 Å². The van der Waals surface area contributed by atoms with Gasteiger partial charge >= 0.3 is 11.9 Å². The molecule has 0 amide bonds. The Hall–Kier alpha value is -5.13. The highest BCUT2D eigenvalue weighted by Gasteiger charge is 2.45. The largest absolute Gasteiger partial charge is 0.857 e. The van der Waals surface area contributed by atoms with Crippen molar-refractivity contribution in [2.45, 2.75) is 71.2 Å². The molecule has 5 aromatic rings. The van der Waals surface area contributed by atoms with Crippen molar-refractivity contribution >= 4 is 44.6 Å². The Labute approximate surface area is 321 Å². The molecule has 9 rings (SSSR count). The van der Waals surface area contributed by atoms with E-state index in [1.807, 2.05) is 19.9 Å². The second kappa shape index (κ2) is 16.3. The number of esters is 2. The van der Waals surface area contributed by atoms with Crippen LogP contribution in [0, 0.1) is 17.8 Å². The number of para-hydroxylation sites is 2. The molecule has 3 aromatic heterocycles. The minimum Gasteiger partial charge on any atom is -0.857 e. The van der Waals surface area contributed by atoms with Gasteiger partial charge in [0.25, 0.3) is 0 Å². The van der Waals surface area contributed by atoms with Crippen molar-refractivity contribution in [1.82, 2.24) is 14.9 Å². The number of ether oxygens (including phenoxy) is 4. The van der Waals surface area contributed by atoms with Crippen LogP contribution in [0.15, 0.2) is 84.5 Å². The monoisotopic (exact) mass is 748 g/mol. The molecule has 11 nitrogen and oxygen atoms in total. The first-order valence-corrected chi connectivity index (χ1v) is 19.3. The Bertz CT molecular complexity index is 2250. The van der Waals surface area contributed by atoms with Crippen molar-refractivity contribution in [3.8, 4) is 0 Å². The molecular weight excluding hydrogens is 697 g/mol. The zero-order valence-electron chi connectivity index (χ0n) is 32.6. The van der Waals surface area contributed by atoms with Gasteiger partial charge in [0.05, 0.1) is 56.0 Å². The third kappa shape index (κ3) is 7.23. The molecule has 0 radical (unpaired) electrons. The van der Waals surface area contributed by atoms with Crippen molar-refractivity contribution in [3.05, 3.63) is 101 Å². The molecule has 3 unspecified atom stereocenters. The van der Waals surface area contributed by atoms with Crippen LogP contribution in [0.4, 0.5) is 0 Å². The highest BCUT2D eigenvalue weighted by Crippen LogP contribution is 2.43. The predicted molar refractivity (Wildman–Crippen MR) is 209 cm³/mol. The Morgan fingerprint density at radius 2 is 1.69 bits per heavy atom. The number of aromatic nitrogens is 3. The fraction of sp³-hybridized carbons (Fsp3) is 0.432. The molecule has 4 aliphatic heterocycles. The first-order valence-electron chi connectivity index (χ1n) is 19.3. The van der Waals surface area contributed by atoms with Gasteiger partial charge in [-0.05, 0) is 70.2 Å². The molecule has 290 valence electrons. The molecule has 55 heavy (non-hydrogen) atoms. The molecule has 0 saturated carbocycles. The van der Waals surface area contributed by atoms with E-state index in [0.29, 0.717) is 17.2 Å². The van der Waals surface area contributed by atoms with Crippen LogP contribution >= 0.6 is 0 Å². The van der Waals surface area contributed by atoms with E-state index in [1.54, 1.807) is 12.5 Å². The average Bonchev–Trinajstić information content (AvgIpc) is 3.80. The van der Waals surface area contributed by atoms with E-state index in [-0.39, 0.29) is 41.9 Å². The van der Waals surface area contributed by atoms with E-state index in [4.69, 9.17) is 24.1 Å². The second-order valence-corrected chi connectivity index (χ2v) is 15.1. The van der Waals surface area contributed by atoms with E-state index >= 15 is 0 Å². The molecular formula is C44H52N4O7. The number of fused-ring (bicyclic) bond motifs is 11. The number of H-pyrrole nitrogens is 2. The van der Waals surface area contributed by atoms with E-state index in [9.17, 15) is 9.59 Å². The van der Waals surface area contributed by atoms with Gasteiger partial charge in [-0.15, -0.1) is 0 Å². The Kier molecular flexibility index (Phi) is 11.3. The second-order valence-electron chi connectivity index (χ2n) is 15.1. The quantitative estimate of drug-likeness (QED) is 0.0997. The summed E-state index contributed by atoms with van der Waals surface area (Å²) in [5, 5.41) is 12.0. The number of pyridine rings is 1. The van der Waals surface area contributed by atoms with Crippen LogP contribution < -0.4 is 9.67 Å². The Morgan fingerprint density at radius 3 is 2.42 bits per heavy atom. The maximum atomic E-state index is 12.4. The number of methoxy groups -OCH3 is 2. The molecule has 1 fully saturated rings. The number of carbonyl (C=O) groups is 2. The summed E-state index contributed by atoms with van der Waals surface area (Å²) in [7, 11) is 3.62. The topological polar surface area (TPSA) is 133 Å². The first kappa shape index (κ1) is 38.2. The van der Waals surface area contributed by atoms with Gasteiger partial charge in [-0.1, -0.05) is 36.4 Å². The number of hydrogen-bond acceptors (Lipinski definition) is 8. The van der Waals surface area contributed by atoms with Gasteiger partial charge in [-0.25, -0.2) is 14.2 Å². The van der Waals surface area contributed by atoms with Crippen molar-refractivity contribution in [1.29, 1.82) is 0 Å². The number of rotatable bonds is 5. The maximum absolute atomic E-state index is 12.4. The maximum Gasteiger partial charge on any atom is 0.337 e. The van der Waals surface area contributed by atoms with Crippen molar-refractivity contribution in [2.75, 3.05) is 34.4 Å². The summed E-state index contributed by atoms with van der Waals surface area (Å²) in [6.07, 6.45) is 9.25. The van der Waals surface area contributed by atoms with E-state index < -0.39 is 0 Å². The summed E-state index contributed by atoms with van der Waals surface area (Å²) >= 11 is 0. The van der Waals surface area contributed by atoms with Gasteiger partial charge in [-0.2, -0.15) is 7.11 Å². The third-order valence-corrected chi connectivity index (χ3v) is 11.8. The molecule has 1 saturated heterocycles. The van der Waals surface area contributed by atoms with Gasteiger partial charge in [0.1, 0.15) is 11.6 Å². The average molecular weight is 749 g/mol. The van der Waals surface area contributed by atoms with E-state index in [2.05, 4.69) is 81.1 Å². The van der Waals surface area contributed by atoms with Crippen LogP contribution in [0.25, 0.3) is 32.7 Å². The van der Waals surface area contributed by atoms with Crippen LogP contribution in [-0.4, -0.2) is 73.4 Å². The van der Waals surface area contributed by atoms with Crippen LogP contribution in [0.2, 0.25) is 0 Å². The molecule has 4 aliphatic rings. The number of nitrogens with one attached hydrogen (secondary N) is 2. The summed E-state index contributed by atoms with van der Waals surface area (Å²) in [6, 6.07) is 19.4. The van der Waals surface area contributed by atoms with Crippen LogP contribution in [0.3, 0.4) is 0 Å². The minimum absolute atomic E-state index is 0.0414. The van der Waals surface area contributed by atoms with Crippen LogP contribution in [-0.2, 0) is 47.9 Å². The lowest BCUT2D eigenvalue weighted by Crippen LogP contribution is -2.53. The fourth-order valence-electron chi connectivity index (χ4n) is 9.10. The SMILES string of the molecule is COC(=O)/C(=C/OC(C)C)C1CCN2CCc3c([nH]c4ccccc34)C2C1.COC(=O)C1=COC(C)[C@H]2C[n+]3ccc4c([nH]c5ccccc54)c3C[C@H]12.C[O-]. The van der Waals surface area contributed by atoms with Crippen LogP contribution in [0.1, 0.15) is 56.6 Å². The zero-order valence-corrected chi connectivity index (χ0v) is 32.6. The molecule has 7 heterocycles. The number of aromatic amines is 2. The standard InChI is InChI=1S/C22H28N2O3.C21H20N2O3.CH3O/c1-14(2)27-13-18(22(25)26-3)15-8-10-24-11-9-17-16-6-4-5-7-19(16)23-21(17)20(24)12-15;1-12-16-10-23-8-7-14-13-5-3-4-6-18(13)22-20(14)19(23)9-15(16)17(11-26-12)21(24)25-2;1-2/h4-7,13-15,20,23H,8-12H2,1-3H3;3-8,11-12,15-16H,9-10H2,1-2H3;1H3/q;;-1/p+1/b18-13+;;/t;12?,15-,16+;/m.0./s1.